The van der Waals surface area contributed by atoms with E-state index in [9.17, 15) is 0 Å². The summed E-state index contributed by atoms with van der Waals surface area (Å²) < 4.78 is 0. The standard InChI is InChI=1S/C12H15N5S2/c1-3-8-6-14-12(19-8)7(2)16-11-9(10(13)18)4-5-15-17-11/h4-7H,3H2,1-2H3,(H2,13,18)(H,16,17). The summed E-state index contributed by atoms with van der Waals surface area (Å²) in [6, 6.07) is 1.79. The second-order valence-electron chi connectivity index (χ2n) is 4.04. The molecule has 0 fully saturated rings. The van der Waals surface area contributed by atoms with Crippen molar-refractivity contribution in [2.24, 2.45) is 5.73 Å². The van der Waals surface area contributed by atoms with Crippen LogP contribution in [0.1, 0.15) is 35.3 Å². The third-order valence-electron chi connectivity index (χ3n) is 2.63. The van der Waals surface area contributed by atoms with Crippen LogP contribution in [0.25, 0.3) is 0 Å². The van der Waals surface area contributed by atoms with E-state index in [0.29, 0.717) is 16.4 Å². The van der Waals surface area contributed by atoms with Crippen molar-refractivity contribution >= 4 is 34.4 Å². The van der Waals surface area contributed by atoms with Gasteiger partial charge in [0.2, 0.25) is 0 Å². The number of nitrogens with zero attached hydrogens (tertiary/aromatic N) is 3. The molecule has 0 radical (unpaired) electrons. The Morgan fingerprint density at radius 2 is 2.37 bits per heavy atom. The zero-order chi connectivity index (χ0) is 13.8. The first-order chi connectivity index (χ1) is 9.11. The molecular formula is C12H15N5S2. The van der Waals surface area contributed by atoms with E-state index < -0.39 is 0 Å². The van der Waals surface area contributed by atoms with Crippen LogP contribution in [0.3, 0.4) is 0 Å². The highest BCUT2D eigenvalue weighted by Gasteiger charge is 2.14. The summed E-state index contributed by atoms with van der Waals surface area (Å²) in [5, 5.41) is 12.2. The number of nitrogens with two attached hydrogens (primary N) is 1. The van der Waals surface area contributed by atoms with E-state index in [1.165, 1.54) is 4.88 Å². The maximum atomic E-state index is 5.67. The molecule has 0 aliphatic rings. The average Bonchev–Trinajstić information content (AvgIpc) is 2.88. The van der Waals surface area contributed by atoms with E-state index in [1.54, 1.807) is 23.6 Å². The minimum absolute atomic E-state index is 0.0371. The molecule has 0 aromatic carbocycles. The van der Waals surface area contributed by atoms with Gasteiger partial charge in [-0.3, -0.25) is 0 Å². The molecule has 3 N–H and O–H groups in total. The monoisotopic (exact) mass is 293 g/mol. The molecule has 1 unspecified atom stereocenters. The molecule has 5 nitrogen and oxygen atoms in total. The van der Waals surface area contributed by atoms with Gasteiger partial charge in [-0.15, -0.1) is 16.4 Å². The third-order valence-corrected chi connectivity index (χ3v) is 4.17. The van der Waals surface area contributed by atoms with Crippen LogP contribution in [-0.4, -0.2) is 20.2 Å². The van der Waals surface area contributed by atoms with Crippen molar-refractivity contribution in [1.29, 1.82) is 0 Å². The Morgan fingerprint density at radius 3 is 3.00 bits per heavy atom. The molecule has 2 aromatic rings. The van der Waals surface area contributed by atoms with Gasteiger partial charge in [-0.1, -0.05) is 19.1 Å². The number of thiocarbonyl (C=S) groups is 1. The summed E-state index contributed by atoms with van der Waals surface area (Å²) in [5.74, 6) is 0.593. The molecular weight excluding hydrogens is 278 g/mol. The fourth-order valence-electron chi connectivity index (χ4n) is 1.59. The summed E-state index contributed by atoms with van der Waals surface area (Å²) in [7, 11) is 0. The number of thiazole rings is 1. The lowest BCUT2D eigenvalue weighted by Gasteiger charge is -2.13. The predicted octanol–water partition coefficient (Wildman–Crippen LogP) is 2.30. The maximum absolute atomic E-state index is 5.67. The first-order valence-electron chi connectivity index (χ1n) is 5.94. The molecule has 0 aliphatic carbocycles. The largest absolute Gasteiger partial charge is 0.389 e. The van der Waals surface area contributed by atoms with Crippen LogP contribution >= 0.6 is 23.6 Å². The van der Waals surface area contributed by atoms with Gasteiger partial charge in [0, 0.05) is 11.1 Å². The second kappa shape index (κ2) is 6.03. The van der Waals surface area contributed by atoms with Gasteiger partial charge in [0.25, 0.3) is 0 Å². The Balaban J connectivity index is 2.19. The van der Waals surface area contributed by atoms with Crippen LogP contribution < -0.4 is 11.1 Å². The van der Waals surface area contributed by atoms with E-state index in [0.717, 1.165) is 11.4 Å². The summed E-state index contributed by atoms with van der Waals surface area (Å²) >= 11 is 6.69. The first kappa shape index (κ1) is 13.8. The van der Waals surface area contributed by atoms with Crippen LogP contribution in [0.4, 0.5) is 5.82 Å². The highest BCUT2D eigenvalue weighted by molar-refractivity contribution is 7.80. The highest BCUT2D eigenvalue weighted by atomic mass is 32.1. The van der Waals surface area contributed by atoms with Crippen molar-refractivity contribution in [2.75, 3.05) is 5.32 Å². The van der Waals surface area contributed by atoms with Crippen molar-refractivity contribution in [3.05, 3.63) is 33.9 Å². The second-order valence-corrected chi connectivity index (χ2v) is 5.63. The fourth-order valence-corrected chi connectivity index (χ4v) is 2.61. The smallest absolute Gasteiger partial charge is 0.159 e. The van der Waals surface area contributed by atoms with Gasteiger partial charge in [0.05, 0.1) is 17.8 Å². The maximum Gasteiger partial charge on any atom is 0.159 e. The average molecular weight is 293 g/mol. The summed E-state index contributed by atoms with van der Waals surface area (Å²) in [5.41, 5.74) is 6.36. The van der Waals surface area contributed by atoms with Gasteiger partial charge < -0.3 is 11.1 Å². The number of anilines is 1. The van der Waals surface area contributed by atoms with E-state index in [4.69, 9.17) is 18.0 Å². The molecule has 0 aliphatic heterocycles. The molecule has 19 heavy (non-hydrogen) atoms. The zero-order valence-corrected chi connectivity index (χ0v) is 12.4. The summed E-state index contributed by atoms with van der Waals surface area (Å²) in [4.78, 5) is 5.97. The van der Waals surface area contributed by atoms with Gasteiger partial charge in [-0.2, -0.15) is 5.10 Å². The van der Waals surface area contributed by atoms with Gasteiger partial charge in [-0.05, 0) is 19.4 Å². The number of hydrogen-bond acceptors (Lipinski definition) is 6. The van der Waals surface area contributed by atoms with Crippen molar-refractivity contribution in [3.63, 3.8) is 0 Å². The minimum atomic E-state index is 0.0371. The van der Waals surface area contributed by atoms with Gasteiger partial charge >= 0.3 is 0 Å². The summed E-state index contributed by atoms with van der Waals surface area (Å²) in [6.07, 6.45) is 4.47. The van der Waals surface area contributed by atoms with Crippen LogP contribution in [0.5, 0.6) is 0 Å². The number of rotatable bonds is 5. The normalized spacial score (nSPS) is 12.1. The number of nitrogens with one attached hydrogen (secondary N) is 1. The topological polar surface area (TPSA) is 76.7 Å². The van der Waals surface area contributed by atoms with Crippen molar-refractivity contribution in [2.45, 2.75) is 26.3 Å². The molecule has 0 spiro atoms. The van der Waals surface area contributed by atoms with Crippen molar-refractivity contribution < 1.29 is 0 Å². The van der Waals surface area contributed by atoms with Crippen LogP contribution in [-0.2, 0) is 6.42 Å². The molecule has 0 bridgehead atoms. The molecule has 0 saturated carbocycles. The molecule has 100 valence electrons. The predicted molar refractivity (Wildman–Crippen MR) is 81.4 cm³/mol. The van der Waals surface area contributed by atoms with Crippen molar-refractivity contribution in [3.8, 4) is 0 Å². The molecule has 7 heteroatoms. The first-order valence-corrected chi connectivity index (χ1v) is 7.17. The van der Waals surface area contributed by atoms with Gasteiger partial charge in [0.15, 0.2) is 5.82 Å². The Hall–Kier alpha value is -1.60. The molecule has 0 saturated heterocycles. The fraction of sp³-hybridized carbons (Fsp3) is 0.333. The minimum Gasteiger partial charge on any atom is -0.389 e. The number of aryl methyl sites for hydroxylation is 1. The van der Waals surface area contributed by atoms with E-state index in [1.807, 2.05) is 13.1 Å². The molecule has 0 amide bonds. The number of hydrogen-bond donors (Lipinski definition) is 2. The van der Waals surface area contributed by atoms with E-state index in [-0.39, 0.29) is 6.04 Å². The third kappa shape index (κ3) is 3.24. The Bertz CT molecular complexity index is 581. The van der Waals surface area contributed by atoms with Crippen molar-refractivity contribution in [1.82, 2.24) is 15.2 Å². The quantitative estimate of drug-likeness (QED) is 0.824. The summed E-state index contributed by atoms with van der Waals surface area (Å²) in [6.45, 7) is 4.14. The SMILES string of the molecule is CCc1cnc(C(C)Nc2nnccc2C(N)=S)s1. The Morgan fingerprint density at radius 1 is 1.58 bits per heavy atom. The van der Waals surface area contributed by atoms with Crippen LogP contribution in [0.2, 0.25) is 0 Å². The van der Waals surface area contributed by atoms with Gasteiger partial charge in [0.1, 0.15) is 10.00 Å². The zero-order valence-electron chi connectivity index (χ0n) is 10.8. The van der Waals surface area contributed by atoms with Crippen LogP contribution in [0.15, 0.2) is 18.5 Å². The lowest BCUT2D eigenvalue weighted by atomic mass is 10.2. The van der Waals surface area contributed by atoms with E-state index in [2.05, 4.69) is 27.4 Å². The molecule has 2 aromatic heterocycles. The van der Waals surface area contributed by atoms with Crippen LogP contribution in [0, 0.1) is 0 Å². The van der Waals surface area contributed by atoms with Gasteiger partial charge in [-0.25, -0.2) is 4.98 Å². The lowest BCUT2D eigenvalue weighted by molar-refractivity contribution is 0.847. The number of aromatic nitrogens is 3. The molecule has 1 atom stereocenters. The molecule has 2 rings (SSSR count). The Labute approximate surface area is 121 Å². The molecule has 2 heterocycles. The highest BCUT2D eigenvalue weighted by Crippen LogP contribution is 2.24. The Kier molecular flexibility index (Phi) is 4.39. The lowest BCUT2D eigenvalue weighted by Crippen LogP contribution is -2.16. The van der Waals surface area contributed by atoms with E-state index >= 15 is 0 Å².